The minimum absolute atomic E-state index is 0.126. The first-order valence-corrected chi connectivity index (χ1v) is 8.25. The van der Waals surface area contributed by atoms with Gasteiger partial charge in [-0.25, -0.2) is 4.68 Å². The highest BCUT2D eigenvalue weighted by atomic mass is 16.5. The third-order valence-corrected chi connectivity index (χ3v) is 5.34. The summed E-state index contributed by atoms with van der Waals surface area (Å²) >= 11 is 0. The summed E-state index contributed by atoms with van der Waals surface area (Å²) in [5.41, 5.74) is 3.75. The summed E-state index contributed by atoms with van der Waals surface area (Å²) in [6.45, 7) is 4.37. The Balaban J connectivity index is 1.61. The van der Waals surface area contributed by atoms with Gasteiger partial charge in [0.25, 0.3) is 0 Å². The summed E-state index contributed by atoms with van der Waals surface area (Å²) in [5.74, 6) is 0.922. The molecule has 0 aliphatic carbocycles. The minimum Gasteiger partial charge on any atom is -0.481 e. The van der Waals surface area contributed by atoms with E-state index in [9.17, 15) is 4.79 Å². The molecular weight excluding hydrogens is 304 g/mol. The fraction of sp³-hybridized carbons (Fsp3) is 0.444. The number of ether oxygens (including phenoxy) is 1. The zero-order valence-electron chi connectivity index (χ0n) is 14.3. The molecule has 4 rings (SSSR count). The molecule has 1 N–H and O–H groups in total. The van der Waals surface area contributed by atoms with Crippen molar-refractivity contribution >= 4 is 11.6 Å². The Morgan fingerprint density at radius 1 is 1.38 bits per heavy atom. The first kappa shape index (κ1) is 15.2. The van der Waals surface area contributed by atoms with Crippen LogP contribution in [0.25, 0.3) is 0 Å². The third-order valence-electron chi connectivity index (χ3n) is 5.34. The number of anilines is 1. The van der Waals surface area contributed by atoms with Gasteiger partial charge in [0, 0.05) is 25.8 Å². The van der Waals surface area contributed by atoms with Crippen molar-refractivity contribution in [1.82, 2.24) is 14.7 Å². The Kier molecular flexibility index (Phi) is 3.38. The van der Waals surface area contributed by atoms with Gasteiger partial charge >= 0.3 is 0 Å². The molecule has 6 nitrogen and oxygen atoms in total. The number of aryl methyl sites for hydroxylation is 2. The van der Waals surface area contributed by atoms with E-state index in [-0.39, 0.29) is 5.91 Å². The summed E-state index contributed by atoms with van der Waals surface area (Å²) in [7, 11) is 3.56. The van der Waals surface area contributed by atoms with Crippen molar-refractivity contribution in [1.29, 1.82) is 0 Å². The smallest absolute Gasteiger partial charge is 0.236 e. The second-order valence-electron chi connectivity index (χ2n) is 6.74. The fourth-order valence-electron chi connectivity index (χ4n) is 4.14. The van der Waals surface area contributed by atoms with Crippen LogP contribution in [0.5, 0.6) is 5.88 Å². The molecule has 1 aromatic heterocycles. The molecule has 2 aliphatic heterocycles. The van der Waals surface area contributed by atoms with Gasteiger partial charge in [0.1, 0.15) is 0 Å². The molecule has 24 heavy (non-hydrogen) atoms. The van der Waals surface area contributed by atoms with Crippen LogP contribution in [0, 0.1) is 6.92 Å². The highest BCUT2D eigenvalue weighted by Gasteiger charge is 2.50. The van der Waals surface area contributed by atoms with Crippen LogP contribution in [0.4, 0.5) is 5.69 Å². The molecule has 1 fully saturated rings. The minimum atomic E-state index is -0.417. The Morgan fingerprint density at radius 3 is 2.96 bits per heavy atom. The van der Waals surface area contributed by atoms with E-state index in [0.29, 0.717) is 0 Å². The predicted octanol–water partition coefficient (Wildman–Crippen LogP) is 1.83. The van der Waals surface area contributed by atoms with Gasteiger partial charge in [0.2, 0.25) is 11.8 Å². The number of aromatic nitrogens is 2. The summed E-state index contributed by atoms with van der Waals surface area (Å²) in [4.78, 5) is 15.0. The van der Waals surface area contributed by atoms with Crippen LogP contribution in [-0.4, -0.2) is 40.8 Å². The molecular formula is C18H22N4O2. The van der Waals surface area contributed by atoms with Crippen molar-refractivity contribution in [3.63, 3.8) is 0 Å². The van der Waals surface area contributed by atoms with Crippen LogP contribution in [0.3, 0.4) is 0 Å². The average Bonchev–Trinajstić information content (AvgIpc) is 3.18. The molecule has 1 aromatic carbocycles. The summed E-state index contributed by atoms with van der Waals surface area (Å²) in [6, 6.07) is 8.04. The van der Waals surface area contributed by atoms with E-state index in [1.54, 1.807) is 11.8 Å². The molecule has 1 saturated heterocycles. The van der Waals surface area contributed by atoms with Gasteiger partial charge in [-0.2, -0.15) is 5.10 Å². The zero-order valence-corrected chi connectivity index (χ0v) is 14.3. The maximum absolute atomic E-state index is 12.7. The third kappa shape index (κ3) is 2.06. The van der Waals surface area contributed by atoms with Crippen LogP contribution in [-0.2, 0) is 23.8 Å². The summed E-state index contributed by atoms with van der Waals surface area (Å²) < 4.78 is 7.27. The van der Waals surface area contributed by atoms with E-state index in [2.05, 4.69) is 21.4 Å². The molecule has 126 valence electrons. The quantitative estimate of drug-likeness (QED) is 0.935. The molecule has 1 amide bonds. The van der Waals surface area contributed by atoms with E-state index in [4.69, 9.17) is 4.74 Å². The number of benzene rings is 1. The Hall–Kier alpha value is -2.34. The molecule has 2 aliphatic rings. The van der Waals surface area contributed by atoms with Crippen LogP contribution in [0.2, 0.25) is 0 Å². The van der Waals surface area contributed by atoms with Gasteiger partial charge in [-0.1, -0.05) is 18.2 Å². The lowest BCUT2D eigenvalue weighted by Gasteiger charge is -2.22. The molecule has 1 atom stereocenters. The summed E-state index contributed by atoms with van der Waals surface area (Å²) in [5, 5.41) is 7.50. The van der Waals surface area contributed by atoms with Crippen molar-refractivity contribution in [3.05, 3.63) is 41.1 Å². The number of carbonyl (C=O) groups is 1. The van der Waals surface area contributed by atoms with Gasteiger partial charge in [0.15, 0.2) is 0 Å². The lowest BCUT2D eigenvalue weighted by molar-refractivity contribution is -0.120. The number of likely N-dealkylation sites (tertiary alicyclic amines) is 1. The van der Waals surface area contributed by atoms with Gasteiger partial charge in [0.05, 0.1) is 23.8 Å². The molecule has 1 unspecified atom stereocenters. The first-order valence-electron chi connectivity index (χ1n) is 8.25. The van der Waals surface area contributed by atoms with Crippen molar-refractivity contribution in [2.75, 3.05) is 25.5 Å². The van der Waals surface area contributed by atoms with E-state index >= 15 is 0 Å². The van der Waals surface area contributed by atoms with Crippen LogP contribution in [0.1, 0.15) is 23.2 Å². The molecule has 0 bridgehead atoms. The zero-order chi connectivity index (χ0) is 16.9. The number of fused-ring (bicyclic) bond motifs is 2. The second kappa shape index (κ2) is 5.34. The van der Waals surface area contributed by atoms with Crippen molar-refractivity contribution in [3.8, 4) is 5.88 Å². The van der Waals surface area contributed by atoms with Gasteiger partial charge in [-0.05, 0) is 31.5 Å². The van der Waals surface area contributed by atoms with Gasteiger partial charge in [-0.3, -0.25) is 9.69 Å². The normalized spacial score (nSPS) is 22.9. The standard InChI is InChI=1S/C18H22N4O2/c1-12-13(16(24-3)21(2)20-12)10-22-9-8-18(11-22)14-6-4-5-7-15(14)19-17(18)23/h4-7H,8-11H2,1-3H3,(H,19,23). The molecule has 0 saturated carbocycles. The number of para-hydroxylation sites is 1. The van der Waals surface area contributed by atoms with Gasteiger partial charge < -0.3 is 10.1 Å². The number of hydrogen-bond acceptors (Lipinski definition) is 4. The van der Waals surface area contributed by atoms with E-state index in [1.807, 2.05) is 32.2 Å². The van der Waals surface area contributed by atoms with Gasteiger partial charge in [-0.15, -0.1) is 0 Å². The van der Waals surface area contributed by atoms with Crippen molar-refractivity contribution in [2.24, 2.45) is 7.05 Å². The molecule has 2 aromatic rings. The van der Waals surface area contributed by atoms with Crippen molar-refractivity contribution < 1.29 is 9.53 Å². The number of rotatable bonds is 3. The number of amides is 1. The van der Waals surface area contributed by atoms with E-state index in [0.717, 1.165) is 54.4 Å². The Bertz CT molecular complexity index is 813. The largest absolute Gasteiger partial charge is 0.481 e. The van der Waals surface area contributed by atoms with E-state index in [1.165, 1.54) is 0 Å². The number of hydrogen-bond donors (Lipinski definition) is 1. The Labute approximate surface area is 141 Å². The first-order chi connectivity index (χ1) is 11.5. The number of nitrogens with zero attached hydrogens (tertiary/aromatic N) is 3. The van der Waals surface area contributed by atoms with E-state index < -0.39 is 5.41 Å². The monoisotopic (exact) mass is 326 g/mol. The average molecular weight is 326 g/mol. The number of methoxy groups -OCH3 is 1. The van der Waals surface area contributed by atoms with Crippen molar-refractivity contribution in [2.45, 2.75) is 25.3 Å². The maximum Gasteiger partial charge on any atom is 0.236 e. The lowest BCUT2D eigenvalue weighted by Crippen LogP contribution is -2.37. The molecule has 0 radical (unpaired) electrons. The summed E-state index contributed by atoms with van der Waals surface area (Å²) in [6.07, 6.45) is 0.845. The SMILES string of the molecule is COc1c(CN2CCC3(C2)C(=O)Nc2ccccc23)c(C)nn1C. The number of nitrogens with one attached hydrogen (secondary N) is 1. The molecule has 6 heteroatoms. The Morgan fingerprint density at radius 2 is 2.17 bits per heavy atom. The van der Waals surface area contributed by atoms with Crippen LogP contribution < -0.4 is 10.1 Å². The highest BCUT2D eigenvalue weighted by Crippen LogP contribution is 2.44. The van der Waals surface area contributed by atoms with Crippen LogP contribution >= 0.6 is 0 Å². The maximum atomic E-state index is 12.7. The second-order valence-corrected chi connectivity index (χ2v) is 6.74. The molecule has 1 spiro atoms. The van der Waals surface area contributed by atoms with Crippen LogP contribution in [0.15, 0.2) is 24.3 Å². The number of carbonyl (C=O) groups excluding carboxylic acids is 1. The topological polar surface area (TPSA) is 59.4 Å². The predicted molar refractivity (Wildman–Crippen MR) is 91.1 cm³/mol. The highest BCUT2D eigenvalue weighted by molar-refractivity contribution is 6.06. The lowest BCUT2D eigenvalue weighted by atomic mass is 9.81. The molecule has 3 heterocycles. The fourth-order valence-corrected chi connectivity index (χ4v) is 4.14.